The Bertz CT molecular complexity index is 483. The summed E-state index contributed by atoms with van der Waals surface area (Å²) in [6.45, 7) is 2.52. The number of hydrogen-bond donors (Lipinski definition) is 2. The van der Waals surface area contributed by atoms with Crippen LogP contribution in [0.5, 0.6) is 5.75 Å². The molecule has 0 fully saturated rings. The van der Waals surface area contributed by atoms with Gasteiger partial charge in [-0.25, -0.2) is 14.3 Å². The van der Waals surface area contributed by atoms with Gasteiger partial charge in [-0.15, -0.1) is 4.48 Å². The molecule has 3 N–H and O–H groups in total. The van der Waals surface area contributed by atoms with E-state index in [9.17, 15) is 18.1 Å². The number of ether oxygens (including phenoxy) is 1. The molecule has 0 aromatic heterocycles. The molecule has 1 atom stereocenters. The molecule has 0 aliphatic carbocycles. The molecule has 1 amide bonds. The summed E-state index contributed by atoms with van der Waals surface area (Å²) in [5, 5.41) is 0. The normalized spacial score (nSPS) is 11.8. The van der Waals surface area contributed by atoms with Gasteiger partial charge in [-0.3, -0.25) is 4.79 Å². The number of hydrogen-bond acceptors (Lipinski definition) is 4. The number of nitrogens with one attached hydrogen (secondary N) is 1. The number of halogens is 3. The molecule has 0 saturated carbocycles. The second-order valence-electron chi connectivity index (χ2n) is 4.01. The summed E-state index contributed by atoms with van der Waals surface area (Å²) >= 11 is 0. The molecule has 112 valence electrons. The van der Waals surface area contributed by atoms with Crippen molar-refractivity contribution in [3.8, 4) is 5.75 Å². The van der Waals surface area contributed by atoms with E-state index < -0.39 is 30.3 Å². The van der Waals surface area contributed by atoms with Crippen LogP contribution in [0.15, 0.2) is 12.1 Å². The van der Waals surface area contributed by atoms with Gasteiger partial charge in [0.25, 0.3) is 5.91 Å². The molecule has 0 aliphatic rings. The highest BCUT2D eigenvalue weighted by Crippen LogP contribution is 2.28. The van der Waals surface area contributed by atoms with Crippen molar-refractivity contribution in [3.05, 3.63) is 17.9 Å². The minimum Gasteiger partial charge on any atom is -0.481 e. The first-order chi connectivity index (χ1) is 9.40. The third kappa shape index (κ3) is 3.69. The van der Waals surface area contributed by atoms with Crippen LogP contribution in [0.25, 0.3) is 0 Å². The van der Waals surface area contributed by atoms with Crippen LogP contribution in [-0.2, 0) is 4.79 Å². The van der Waals surface area contributed by atoms with Crippen LogP contribution in [0.2, 0.25) is 0 Å². The molecule has 1 aromatic carbocycles. The maximum Gasteiger partial charge on any atom is 0.262 e. The van der Waals surface area contributed by atoms with E-state index in [1.165, 1.54) is 6.92 Å². The molecule has 0 radical (unpaired) electrons. The van der Waals surface area contributed by atoms with E-state index in [2.05, 4.69) is 0 Å². The molecule has 0 saturated heterocycles. The minimum absolute atomic E-state index is 0.0457. The predicted molar refractivity (Wildman–Crippen MR) is 69.0 cm³/mol. The molecule has 0 spiro atoms. The lowest BCUT2D eigenvalue weighted by Gasteiger charge is -2.22. The molecule has 0 aliphatic heterocycles. The summed E-state index contributed by atoms with van der Waals surface area (Å²) < 4.78 is 43.6. The SMILES string of the molecule is CCN(C(=O)COc1cc(F)c(NF)cc1N)C(C)F. The summed E-state index contributed by atoms with van der Waals surface area (Å²) in [4.78, 5) is 12.6. The van der Waals surface area contributed by atoms with Crippen molar-refractivity contribution in [1.29, 1.82) is 0 Å². The van der Waals surface area contributed by atoms with Crippen molar-refractivity contribution in [2.45, 2.75) is 20.1 Å². The van der Waals surface area contributed by atoms with Gasteiger partial charge in [-0.05, 0) is 19.9 Å². The second kappa shape index (κ2) is 6.88. The zero-order valence-corrected chi connectivity index (χ0v) is 11.1. The molecular weight excluding hydrogens is 275 g/mol. The molecule has 20 heavy (non-hydrogen) atoms. The highest BCUT2D eigenvalue weighted by Gasteiger charge is 2.19. The summed E-state index contributed by atoms with van der Waals surface area (Å²) in [7, 11) is 0. The number of rotatable bonds is 6. The largest absolute Gasteiger partial charge is 0.481 e. The molecule has 0 bridgehead atoms. The van der Waals surface area contributed by atoms with Crippen LogP contribution in [0.4, 0.5) is 24.6 Å². The lowest BCUT2D eigenvalue weighted by molar-refractivity contribution is -0.138. The molecule has 5 nitrogen and oxygen atoms in total. The monoisotopic (exact) mass is 291 g/mol. The molecule has 8 heteroatoms. The van der Waals surface area contributed by atoms with E-state index in [1.54, 1.807) is 6.92 Å². The van der Waals surface area contributed by atoms with Gasteiger partial charge in [0.15, 0.2) is 18.7 Å². The van der Waals surface area contributed by atoms with Gasteiger partial charge in [-0.1, -0.05) is 0 Å². The highest BCUT2D eigenvalue weighted by molar-refractivity contribution is 5.78. The van der Waals surface area contributed by atoms with Crippen LogP contribution < -0.4 is 16.0 Å². The summed E-state index contributed by atoms with van der Waals surface area (Å²) in [5.74, 6) is -1.64. The standard InChI is InChI=1S/C12H16F3N3O2/c1-3-18(7(2)13)12(19)6-20-11-4-8(14)10(17-15)5-9(11)16/h4-5,7,17H,3,6,16H2,1-2H3. The third-order valence-electron chi connectivity index (χ3n) is 2.64. The Labute approximate surface area is 114 Å². The number of likely N-dealkylation sites (N-methyl/N-ethyl adjacent to an activating group) is 1. The van der Waals surface area contributed by atoms with Crippen molar-refractivity contribution in [1.82, 2.24) is 4.90 Å². The Morgan fingerprint density at radius 1 is 1.55 bits per heavy atom. The summed E-state index contributed by atoms with van der Waals surface area (Å²) in [5.41, 5.74) is 6.18. The Kier molecular flexibility index (Phi) is 5.48. The zero-order chi connectivity index (χ0) is 15.3. The Morgan fingerprint density at radius 3 is 2.70 bits per heavy atom. The Morgan fingerprint density at radius 2 is 2.20 bits per heavy atom. The Balaban J connectivity index is 2.75. The first kappa shape index (κ1) is 15.9. The van der Waals surface area contributed by atoms with Crippen molar-refractivity contribution in [2.24, 2.45) is 0 Å². The van der Waals surface area contributed by atoms with Crippen LogP contribution in [-0.4, -0.2) is 30.3 Å². The average Bonchev–Trinajstić information content (AvgIpc) is 2.39. The lowest BCUT2D eigenvalue weighted by atomic mass is 10.2. The fourth-order valence-corrected chi connectivity index (χ4v) is 1.62. The number of carbonyl (C=O) groups excluding carboxylic acids is 1. The van der Waals surface area contributed by atoms with Gasteiger partial charge in [-0.2, -0.15) is 0 Å². The second-order valence-corrected chi connectivity index (χ2v) is 4.01. The van der Waals surface area contributed by atoms with Crippen LogP contribution in [0.3, 0.4) is 0 Å². The lowest BCUT2D eigenvalue weighted by Crippen LogP contribution is -2.39. The fourth-order valence-electron chi connectivity index (χ4n) is 1.62. The fraction of sp³-hybridized carbons (Fsp3) is 0.417. The number of anilines is 2. The quantitative estimate of drug-likeness (QED) is 0.479. The number of amides is 1. The van der Waals surface area contributed by atoms with Gasteiger partial charge >= 0.3 is 0 Å². The van der Waals surface area contributed by atoms with E-state index >= 15 is 0 Å². The molecule has 1 unspecified atom stereocenters. The molecule has 1 rings (SSSR count). The van der Waals surface area contributed by atoms with Crippen molar-refractivity contribution >= 4 is 17.3 Å². The first-order valence-electron chi connectivity index (χ1n) is 5.92. The van der Waals surface area contributed by atoms with Crippen molar-refractivity contribution in [2.75, 3.05) is 24.4 Å². The number of nitrogens with two attached hydrogens (primary N) is 1. The predicted octanol–water partition coefficient (Wildman–Crippen LogP) is 2.25. The van der Waals surface area contributed by atoms with E-state index in [-0.39, 0.29) is 18.0 Å². The number of benzene rings is 1. The maximum absolute atomic E-state index is 13.3. The summed E-state index contributed by atoms with van der Waals surface area (Å²) in [6.07, 6.45) is -1.46. The van der Waals surface area contributed by atoms with Crippen molar-refractivity contribution in [3.63, 3.8) is 0 Å². The highest BCUT2D eigenvalue weighted by atomic mass is 19.2. The van der Waals surface area contributed by atoms with E-state index in [4.69, 9.17) is 10.5 Å². The van der Waals surface area contributed by atoms with Crippen LogP contribution >= 0.6 is 0 Å². The van der Waals surface area contributed by atoms with Gasteiger partial charge < -0.3 is 15.4 Å². The van der Waals surface area contributed by atoms with E-state index in [0.29, 0.717) is 0 Å². The molecule has 0 heterocycles. The number of nitrogens with zero attached hydrogens (tertiary/aromatic N) is 1. The number of nitrogen functional groups attached to an aromatic ring is 1. The molecule has 1 aromatic rings. The van der Waals surface area contributed by atoms with Gasteiger partial charge in [0.2, 0.25) is 0 Å². The van der Waals surface area contributed by atoms with E-state index in [0.717, 1.165) is 22.6 Å². The topological polar surface area (TPSA) is 67.6 Å². The summed E-state index contributed by atoms with van der Waals surface area (Å²) in [6, 6.07) is 1.84. The van der Waals surface area contributed by atoms with Crippen molar-refractivity contribution < 1.29 is 22.8 Å². The number of alkyl halides is 1. The maximum atomic E-state index is 13.3. The first-order valence-corrected chi connectivity index (χ1v) is 5.92. The number of carbonyl (C=O) groups is 1. The molecular formula is C12H16F3N3O2. The van der Waals surface area contributed by atoms with Crippen LogP contribution in [0, 0.1) is 5.82 Å². The van der Waals surface area contributed by atoms with E-state index in [1.807, 2.05) is 0 Å². The minimum atomic E-state index is -1.46. The average molecular weight is 291 g/mol. The van der Waals surface area contributed by atoms with Gasteiger partial charge in [0.05, 0.1) is 5.69 Å². The Hall–Kier alpha value is -2.12. The smallest absolute Gasteiger partial charge is 0.262 e. The van der Waals surface area contributed by atoms with Crippen LogP contribution in [0.1, 0.15) is 13.8 Å². The van der Waals surface area contributed by atoms with Gasteiger partial charge in [0, 0.05) is 12.6 Å². The zero-order valence-electron chi connectivity index (χ0n) is 11.1. The third-order valence-corrected chi connectivity index (χ3v) is 2.64. The van der Waals surface area contributed by atoms with Gasteiger partial charge in [0.1, 0.15) is 11.4 Å².